The summed E-state index contributed by atoms with van der Waals surface area (Å²) < 4.78 is 6.60. The molecule has 0 spiro atoms. The minimum Gasteiger partial charge on any atom is -0.478 e. The number of thioether (sulfide) groups is 1. The molecule has 2 atom stereocenters. The molecule has 0 aromatic rings. The predicted octanol–water partition coefficient (Wildman–Crippen LogP) is 5.16. The number of nitrogens with zero attached hydrogens (tertiary/aromatic N) is 1. The summed E-state index contributed by atoms with van der Waals surface area (Å²) in [5.41, 5.74) is -2.12. The standard InChI is InChI=1S/C20H33NO6SSi/c1-8-9-10-11-19(21(25)26)12-13-28-20(19,14-16(15(2)22)17(23)24)27-29(6,7)18(3,4)5/h12-14H,8-11H2,1-7H3,(H,23,24). The van der Waals surface area contributed by atoms with E-state index >= 15 is 0 Å². The Labute approximate surface area is 178 Å². The van der Waals surface area contributed by atoms with Crippen molar-refractivity contribution in [1.29, 1.82) is 0 Å². The van der Waals surface area contributed by atoms with E-state index in [0.717, 1.165) is 31.5 Å². The zero-order valence-corrected chi connectivity index (χ0v) is 20.2. The quantitative estimate of drug-likeness (QED) is 0.0945. The van der Waals surface area contributed by atoms with Crippen molar-refractivity contribution in [1.82, 2.24) is 0 Å². The van der Waals surface area contributed by atoms with Crippen LogP contribution >= 0.6 is 11.8 Å². The first kappa shape index (κ1) is 25.6. The summed E-state index contributed by atoms with van der Waals surface area (Å²) in [7, 11) is -2.57. The molecule has 0 aromatic heterocycles. The van der Waals surface area contributed by atoms with E-state index in [1.807, 2.05) is 40.8 Å². The number of nitro groups is 1. The summed E-state index contributed by atoms with van der Waals surface area (Å²) in [4.78, 5) is 34.2. The Morgan fingerprint density at radius 3 is 2.31 bits per heavy atom. The number of aliphatic carboxylic acids is 1. The summed E-state index contributed by atoms with van der Waals surface area (Å²) in [6, 6.07) is 0. The number of carbonyl (C=O) groups is 2. The maximum Gasteiger partial charge on any atom is 0.339 e. The van der Waals surface area contributed by atoms with Gasteiger partial charge in [0.05, 0.1) is 0 Å². The SMILES string of the molecule is CCCCCC1([N+](=O)[O-])C=CSC1(C=C(C(C)=O)C(=O)O)O[Si](C)(C)C(C)(C)C. The molecule has 0 amide bonds. The van der Waals surface area contributed by atoms with Crippen LogP contribution in [0.15, 0.2) is 23.1 Å². The first-order chi connectivity index (χ1) is 13.2. The van der Waals surface area contributed by atoms with Crippen LogP contribution < -0.4 is 0 Å². The Morgan fingerprint density at radius 1 is 1.31 bits per heavy atom. The fraction of sp³-hybridized carbons (Fsp3) is 0.700. The second-order valence-electron chi connectivity index (χ2n) is 9.01. The van der Waals surface area contributed by atoms with Crippen LogP contribution in [-0.2, 0) is 14.0 Å². The van der Waals surface area contributed by atoms with Gasteiger partial charge in [-0.2, -0.15) is 0 Å². The van der Waals surface area contributed by atoms with E-state index < -0.39 is 36.1 Å². The molecule has 0 fully saturated rings. The highest BCUT2D eigenvalue weighted by Crippen LogP contribution is 2.54. The maximum absolute atomic E-state index is 12.4. The first-order valence-corrected chi connectivity index (χ1v) is 13.6. The van der Waals surface area contributed by atoms with E-state index in [4.69, 9.17) is 4.43 Å². The molecule has 1 aliphatic rings. The van der Waals surface area contributed by atoms with Crippen LogP contribution in [0.25, 0.3) is 0 Å². The molecule has 9 heteroatoms. The molecule has 1 N–H and O–H groups in total. The second kappa shape index (κ2) is 9.14. The summed E-state index contributed by atoms with van der Waals surface area (Å²) in [6.07, 6.45) is 5.21. The molecule has 164 valence electrons. The molecular weight excluding hydrogens is 410 g/mol. The molecule has 1 rings (SSSR count). The molecular formula is C20H33NO6SSi. The van der Waals surface area contributed by atoms with Gasteiger partial charge in [0.2, 0.25) is 4.93 Å². The van der Waals surface area contributed by atoms with Crippen molar-refractivity contribution in [2.24, 2.45) is 0 Å². The zero-order valence-electron chi connectivity index (χ0n) is 18.4. The maximum atomic E-state index is 12.4. The van der Waals surface area contributed by atoms with Crippen LogP contribution in [0.5, 0.6) is 0 Å². The van der Waals surface area contributed by atoms with Crippen LogP contribution in [0.4, 0.5) is 0 Å². The largest absolute Gasteiger partial charge is 0.478 e. The second-order valence-corrected chi connectivity index (χ2v) is 14.8. The highest BCUT2D eigenvalue weighted by atomic mass is 32.2. The van der Waals surface area contributed by atoms with Gasteiger partial charge in [-0.1, -0.05) is 52.3 Å². The molecule has 0 aromatic carbocycles. The number of rotatable bonds is 10. The van der Waals surface area contributed by atoms with Crippen LogP contribution in [0.3, 0.4) is 0 Å². The Bertz CT molecular complexity index is 711. The highest BCUT2D eigenvalue weighted by molar-refractivity contribution is 8.03. The van der Waals surface area contributed by atoms with Gasteiger partial charge in [0.25, 0.3) is 5.54 Å². The van der Waals surface area contributed by atoms with Gasteiger partial charge in [0, 0.05) is 17.4 Å². The molecule has 0 saturated carbocycles. The molecule has 1 heterocycles. The van der Waals surface area contributed by atoms with Crippen molar-refractivity contribution >= 4 is 31.8 Å². The lowest BCUT2D eigenvalue weighted by atomic mass is 9.85. The number of hydrogen-bond acceptors (Lipinski definition) is 6. The number of carbonyl (C=O) groups excluding carboxylic acids is 1. The third-order valence-corrected chi connectivity index (χ3v) is 11.6. The van der Waals surface area contributed by atoms with Crippen LogP contribution in [-0.4, -0.2) is 40.6 Å². The summed E-state index contributed by atoms with van der Waals surface area (Å²) >= 11 is 1.09. The number of hydrogen-bond donors (Lipinski definition) is 1. The normalized spacial score (nSPS) is 25.3. The molecule has 2 unspecified atom stereocenters. The number of ketones is 1. The van der Waals surface area contributed by atoms with Crippen molar-refractivity contribution in [2.45, 2.75) is 88.9 Å². The summed E-state index contributed by atoms with van der Waals surface area (Å²) in [6.45, 7) is 13.1. The molecule has 1 aliphatic heterocycles. The summed E-state index contributed by atoms with van der Waals surface area (Å²) in [5, 5.41) is 23.3. The fourth-order valence-electron chi connectivity index (χ4n) is 2.98. The monoisotopic (exact) mass is 443 g/mol. The van der Waals surface area contributed by atoms with Gasteiger partial charge in [0.1, 0.15) is 5.57 Å². The van der Waals surface area contributed by atoms with Gasteiger partial charge in [-0.05, 0) is 43.0 Å². The van der Waals surface area contributed by atoms with Gasteiger partial charge in [0.15, 0.2) is 14.1 Å². The molecule has 7 nitrogen and oxygen atoms in total. The van der Waals surface area contributed by atoms with E-state index in [9.17, 15) is 24.8 Å². The third-order valence-electron chi connectivity index (χ3n) is 5.83. The third kappa shape index (κ3) is 5.18. The molecule has 0 bridgehead atoms. The van der Waals surface area contributed by atoms with Crippen molar-refractivity contribution in [3.8, 4) is 0 Å². The lowest BCUT2D eigenvalue weighted by Gasteiger charge is -2.46. The highest BCUT2D eigenvalue weighted by Gasteiger charge is 2.65. The number of Topliss-reactive ketones (excluding diaryl/α,β-unsaturated/α-hetero) is 1. The molecule has 0 saturated heterocycles. The van der Waals surface area contributed by atoms with Crippen molar-refractivity contribution < 1.29 is 24.0 Å². The van der Waals surface area contributed by atoms with Crippen LogP contribution in [0.2, 0.25) is 18.1 Å². The minimum atomic E-state index is -2.57. The van der Waals surface area contributed by atoms with Crippen molar-refractivity contribution in [3.63, 3.8) is 0 Å². The Morgan fingerprint density at radius 2 is 1.90 bits per heavy atom. The fourth-order valence-corrected chi connectivity index (χ4v) is 6.23. The lowest BCUT2D eigenvalue weighted by molar-refractivity contribution is -0.568. The van der Waals surface area contributed by atoms with E-state index in [2.05, 4.69) is 0 Å². The smallest absolute Gasteiger partial charge is 0.339 e. The van der Waals surface area contributed by atoms with E-state index in [1.54, 1.807) is 5.41 Å². The average Bonchev–Trinajstić information content (AvgIpc) is 2.90. The van der Waals surface area contributed by atoms with Crippen LogP contribution in [0, 0.1) is 10.1 Å². The average molecular weight is 444 g/mol. The van der Waals surface area contributed by atoms with Gasteiger partial charge in [-0.3, -0.25) is 14.9 Å². The van der Waals surface area contributed by atoms with E-state index in [0.29, 0.717) is 6.42 Å². The molecule has 29 heavy (non-hydrogen) atoms. The Balaban J connectivity index is 3.74. The van der Waals surface area contributed by atoms with E-state index in [1.165, 1.54) is 12.2 Å². The zero-order chi connectivity index (χ0) is 22.7. The number of carboxylic acid groups (broad SMARTS) is 1. The molecule has 0 aliphatic carbocycles. The Hall–Kier alpha value is -1.45. The summed E-state index contributed by atoms with van der Waals surface area (Å²) in [5.74, 6) is -2.07. The minimum absolute atomic E-state index is 0.202. The van der Waals surface area contributed by atoms with Crippen LogP contribution in [0.1, 0.15) is 60.3 Å². The van der Waals surface area contributed by atoms with E-state index in [-0.39, 0.29) is 16.4 Å². The lowest BCUT2D eigenvalue weighted by Crippen LogP contribution is -2.60. The van der Waals surface area contributed by atoms with Crippen molar-refractivity contribution in [2.75, 3.05) is 0 Å². The Kier molecular flexibility index (Phi) is 8.06. The molecule has 0 radical (unpaired) electrons. The van der Waals surface area contributed by atoms with Gasteiger partial charge in [-0.25, -0.2) is 4.79 Å². The topological polar surface area (TPSA) is 107 Å². The first-order valence-electron chi connectivity index (χ1n) is 9.83. The predicted molar refractivity (Wildman–Crippen MR) is 118 cm³/mol. The van der Waals surface area contributed by atoms with Crippen molar-refractivity contribution in [3.05, 3.63) is 33.2 Å². The van der Waals surface area contributed by atoms with Gasteiger partial charge >= 0.3 is 5.97 Å². The number of unbranched alkanes of at least 4 members (excludes halogenated alkanes) is 2. The van der Waals surface area contributed by atoms with Gasteiger partial charge in [-0.15, -0.1) is 0 Å². The number of carboxylic acids is 1. The van der Waals surface area contributed by atoms with Gasteiger partial charge < -0.3 is 9.53 Å².